The molecule has 0 saturated carbocycles. The molecule has 0 amide bonds. The third kappa shape index (κ3) is 4.62. The van der Waals surface area contributed by atoms with Crippen molar-refractivity contribution in [3.05, 3.63) is 0 Å². The first-order chi connectivity index (χ1) is 6.86. The smallest absolute Gasteiger partial charge is 0.320 e. The summed E-state index contributed by atoms with van der Waals surface area (Å²) in [6.07, 6.45) is 1.25. The van der Waals surface area contributed by atoms with Gasteiger partial charge in [-0.05, 0) is 18.8 Å². The molecule has 4 nitrogen and oxygen atoms in total. The van der Waals surface area contributed by atoms with Gasteiger partial charge in [0.25, 0.3) is 0 Å². The summed E-state index contributed by atoms with van der Waals surface area (Å²) in [5.74, 6) is -0.847. The number of nitrogens with one attached hydrogen (secondary N) is 1. The molecule has 0 saturated heterocycles. The highest BCUT2D eigenvalue weighted by molar-refractivity contribution is 5.73. The van der Waals surface area contributed by atoms with Crippen molar-refractivity contribution in [2.45, 2.75) is 52.2 Å². The van der Waals surface area contributed by atoms with Crippen LogP contribution in [0.3, 0.4) is 0 Å². The summed E-state index contributed by atoms with van der Waals surface area (Å²) in [4.78, 5) is 10.9. The van der Waals surface area contributed by atoms with Crippen LogP contribution in [-0.4, -0.2) is 34.4 Å². The Labute approximate surface area is 91.7 Å². The van der Waals surface area contributed by atoms with Crippen LogP contribution in [0.25, 0.3) is 0 Å². The van der Waals surface area contributed by atoms with E-state index in [4.69, 9.17) is 5.11 Å². The zero-order valence-electron chi connectivity index (χ0n) is 10.1. The van der Waals surface area contributed by atoms with E-state index in [9.17, 15) is 9.90 Å². The third-order valence-electron chi connectivity index (χ3n) is 2.90. The van der Waals surface area contributed by atoms with Crippen molar-refractivity contribution >= 4 is 5.97 Å². The first-order valence-corrected chi connectivity index (χ1v) is 5.55. The Hall–Kier alpha value is -0.610. The van der Waals surface area contributed by atoms with Gasteiger partial charge in [-0.2, -0.15) is 0 Å². The van der Waals surface area contributed by atoms with Gasteiger partial charge >= 0.3 is 5.97 Å². The van der Waals surface area contributed by atoms with Crippen molar-refractivity contribution in [2.24, 2.45) is 5.92 Å². The summed E-state index contributed by atoms with van der Waals surface area (Å²) in [7, 11) is 0. The van der Waals surface area contributed by atoms with Crippen molar-refractivity contribution in [2.75, 3.05) is 6.54 Å². The Morgan fingerprint density at radius 1 is 1.33 bits per heavy atom. The Morgan fingerprint density at radius 3 is 2.07 bits per heavy atom. The Bertz CT molecular complexity index is 200. The van der Waals surface area contributed by atoms with Crippen molar-refractivity contribution in [1.29, 1.82) is 0 Å². The predicted molar refractivity (Wildman–Crippen MR) is 59.8 cm³/mol. The minimum Gasteiger partial charge on any atom is -0.480 e. The fourth-order valence-electron chi connectivity index (χ4n) is 1.41. The van der Waals surface area contributed by atoms with Crippen molar-refractivity contribution < 1.29 is 15.0 Å². The van der Waals surface area contributed by atoms with Crippen LogP contribution < -0.4 is 5.32 Å². The largest absolute Gasteiger partial charge is 0.480 e. The number of carbonyl (C=O) groups is 1. The molecule has 0 fully saturated rings. The van der Waals surface area contributed by atoms with E-state index in [2.05, 4.69) is 5.32 Å². The molecule has 0 rings (SSSR count). The molecule has 90 valence electrons. The SMILES string of the molecule is CCC(O)(CC)CNC(C(=O)O)C(C)C. The molecule has 0 aromatic rings. The summed E-state index contributed by atoms with van der Waals surface area (Å²) in [5.41, 5.74) is -0.789. The van der Waals surface area contributed by atoms with E-state index in [0.717, 1.165) is 0 Å². The number of aliphatic hydroxyl groups is 1. The lowest BCUT2D eigenvalue weighted by Gasteiger charge is -2.28. The lowest BCUT2D eigenvalue weighted by molar-refractivity contribution is -0.141. The highest BCUT2D eigenvalue weighted by Crippen LogP contribution is 2.14. The number of carboxylic acid groups (broad SMARTS) is 1. The second-order valence-electron chi connectivity index (χ2n) is 4.37. The number of hydrogen-bond acceptors (Lipinski definition) is 3. The van der Waals surface area contributed by atoms with Crippen LogP contribution in [0.1, 0.15) is 40.5 Å². The molecule has 0 bridgehead atoms. The quantitative estimate of drug-likeness (QED) is 0.600. The van der Waals surface area contributed by atoms with Crippen molar-refractivity contribution in [3.8, 4) is 0 Å². The van der Waals surface area contributed by atoms with Crippen LogP contribution >= 0.6 is 0 Å². The molecule has 0 heterocycles. The first kappa shape index (κ1) is 14.4. The molecule has 4 heteroatoms. The minimum absolute atomic E-state index is 0.0143. The number of rotatable bonds is 7. The zero-order valence-corrected chi connectivity index (χ0v) is 10.1. The maximum absolute atomic E-state index is 10.9. The third-order valence-corrected chi connectivity index (χ3v) is 2.90. The van der Waals surface area contributed by atoms with E-state index >= 15 is 0 Å². The van der Waals surface area contributed by atoms with Gasteiger partial charge in [0.1, 0.15) is 6.04 Å². The normalized spacial score (nSPS) is 14.3. The molecule has 0 aliphatic heterocycles. The lowest BCUT2D eigenvalue weighted by atomic mass is 9.96. The zero-order chi connectivity index (χ0) is 12.1. The maximum Gasteiger partial charge on any atom is 0.320 e. The monoisotopic (exact) mass is 217 g/mol. The van der Waals surface area contributed by atoms with Crippen molar-refractivity contribution in [1.82, 2.24) is 5.32 Å². The van der Waals surface area contributed by atoms with E-state index in [1.165, 1.54) is 0 Å². The maximum atomic E-state index is 10.9. The highest BCUT2D eigenvalue weighted by Gasteiger charge is 2.27. The van der Waals surface area contributed by atoms with Gasteiger partial charge in [0.15, 0.2) is 0 Å². The van der Waals surface area contributed by atoms with Crippen LogP contribution in [-0.2, 0) is 4.79 Å². The van der Waals surface area contributed by atoms with Crippen LogP contribution in [0.2, 0.25) is 0 Å². The topological polar surface area (TPSA) is 69.6 Å². The summed E-state index contributed by atoms with van der Waals surface area (Å²) in [5, 5.41) is 21.8. The van der Waals surface area contributed by atoms with E-state index in [1.54, 1.807) is 0 Å². The van der Waals surface area contributed by atoms with Crippen LogP contribution in [0.15, 0.2) is 0 Å². The van der Waals surface area contributed by atoms with E-state index in [1.807, 2.05) is 27.7 Å². The van der Waals surface area contributed by atoms with Gasteiger partial charge in [0.2, 0.25) is 0 Å². The molecule has 1 unspecified atom stereocenters. The Kier molecular flexibility index (Phi) is 5.83. The van der Waals surface area contributed by atoms with Gasteiger partial charge < -0.3 is 15.5 Å². The van der Waals surface area contributed by atoms with Gasteiger partial charge in [-0.15, -0.1) is 0 Å². The highest BCUT2D eigenvalue weighted by atomic mass is 16.4. The second-order valence-corrected chi connectivity index (χ2v) is 4.37. The molecule has 0 spiro atoms. The average Bonchev–Trinajstić information content (AvgIpc) is 2.16. The molecule has 1 atom stereocenters. The molecule has 0 aromatic carbocycles. The summed E-state index contributed by atoms with van der Waals surface area (Å²) >= 11 is 0. The summed E-state index contributed by atoms with van der Waals surface area (Å²) in [6, 6.07) is -0.588. The van der Waals surface area contributed by atoms with Gasteiger partial charge in [-0.1, -0.05) is 27.7 Å². The summed E-state index contributed by atoms with van der Waals surface area (Å²) in [6.45, 7) is 7.83. The average molecular weight is 217 g/mol. The standard InChI is InChI=1S/C11H23NO3/c1-5-11(15,6-2)7-12-9(8(3)4)10(13)14/h8-9,12,15H,5-7H2,1-4H3,(H,13,14). The number of carboxylic acids is 1. The van der Waals surface area contributed by atoms with E-state index in [0.29, 0.717) is 19.4 Å². The molecule has 15 heavy (non-hydrogen) atoms. The second kappa shape index (κ2) is 6.08. The summed E-state index contributed by atoms with van der Waals surface area (Å²) < 4.78 is 0. The minimum atomic E-state index is -0.862. The Morgan fingerprint density at radius 2 is 1.80 bits per heavy atom. The molecular formula is C11H23NO3. The fourth-order valence-corrected chi connectivity index (χ4v) is 1.41. The molecule has 0 radical (unpaired) electrons. The van der Waals surface area contributed by atoms with Gasteiger partial charge in [0.05, 0.1) is 5.60 Å². The molecule has 3 N–H and O–H groups in total. The van der Waals surface area contributed by atoms with Gasteiger partial charge in [-0.25, -0.2) is 0 Å². The van der Waals surface area contributed by atoms with Crippen LogP contribution in [0, 0.1) is 5.92 Å². The van der Waals surface area contributed by atoms with Gasteiger partial charge in [0, 0.05) is 6.54 Å². The van der Waals surface area contributed by atoms with Gasteiger partial charge in [-0.3, -0.25) is 4.79 Å². The number of aliphatic carboxylic acids is 1. The molecule has 0 aromatic heterocycles. The molecular weight excluding hydrogens is 194 g/mol. The number of hydrogen-bond donors (Lipinski definition) is 3. The first-order valence-electron chi connectivity index (χ1n) is 5.55. The van der Waals surface area contributed by atoms with Crippen LogP contribution in [0.5, 0.6) is 0 Å². The molecule has 0 aliphatic carbocycles. The lowest BCUT2D eigenvalue weighted by Crippen LogP contribution is -2.48. The fraction of sp³-hybridized carbons (Fsp3) is 0.909. The molecule has 0 aliphatic rings. The predicted octanol–water partition coefficient (Wildman–Crippen LogP) is 1.24. The van der Waals surface area contributed by atoms with E-state index in [-0.39, 0.29) is 5.92 Å². The van der Waals surface area contributed by atoms with E-state index < -0.39 is 17.6 Å². The van der Waals surface area contributed by atoms with Crippen LogP contribution in [0.4, 0.5) is 0 Å². The Balaban J connectivity index is 4.27. The van der Waals surface area contributed by atoms with Crippen molar-refractivity contribution in [3.63, 3.8) is 0 Å².